The Labute approximate surface area is 186 Å². The van der Waals surface area contributed by atoms with E-state index >= 15 is 0 Å². The molecule has 2 aliphatic heterocycles. The Morgan fingerprint density at radius 2 is 2.13 bits per heavy atom. The van der Waals surface area contributed by atoms with E-state index in [1.807, 2.05) is 23.1 Å². The number of fused-ring (bicyclic) bond motifs is 1. The minimum Gasteiger partial charge on any atom is -0.331 e. The molecular weight excluding hydrogens is 414 g/mol. The summed E-state index contributed by atoms with van der Waals surface area (Å²) in [6.07, 6.45) is 5.16. The van der Waals surface area contributed by atoms with Crippen LogP contribution in [0.4, 0.5) is 0 Å². The highest BCUT2D eigenvalue weighted by Gasteiger charge is 2.25. The van der Waals surface area contributed by atoms with Crippen LogP contribution in [0.25, 0.3) is 10.2 Å². The van der Waals surface area contributed by atoms with Gasteiger partial charge in [0.2, 0.25) is 5.91 Å². The van der Waals surface area contributed by atoms with E-state index in [9.17, 15) is 4.79 Å². The van der Waals surface area contributed by atoms with Crippen molar-refractivity contribution in [1.82, 2.24) is 14.8 Å². The Morgan fingerprint density at radius 1 is 1.30 bits per heavy atom. The van der Waals surface area contributed by atoms with Gasteiger partial charge in [-0.05, 0) is 63.5 Å². The van der Waals surface area contributed by atoms with E-state index < -0.39 is 0 Å². The molecule has 0 radical (unpaired) electrons. The lowest BCUT2D eigenvalue weighted by Gasteiger charge is -2.31. The smallest absolute Gasteiger partial charge is 0.240 e. The summed E-state index contributed by atoms with van der Waals surface area (Å²) in [6, 6.07) is 7.63. The van der Waals surface area contributed by atoms with E-state index in [1.165, 1.54) is 9.71 Å². The highest BCUT2D eigenvalue weighted by Crippen LogP contribution is 2.34. The summed E-state index contributed by atoms with van der Waals surface area (Å²) in [5.74, 6) is 2.48. The van der Waals surface area contributed by atoms with Crippen molar-refractivity contribution in [3.63, 3.8) is 0 Å². The predicted octanol–water partition coefficient (Wildman–Crippen LogP) is 3.38. The van der Waals surface area contributed by atoms with Crippen LogP contribution in [0.5, 0.6) is 0 Å². The van der Waals surface area contributed by atoms with Gasteiger partial charge < -0.3 is 15.5 Å². The molecule has 30 heavy (non-hydrogen) atoms. The average Bonchev–Trinajstić information content (AvgIpc) is 3.46. The van der Waals surface area contributed by atoms with Crippen molar-refractivity contribution in [2.75, 3.05) is 37.8 Å². The largest absolute Gasteiger partial charge is 0.331 e. The van der Waals surface area contributed by atoms with Crippen LogP contribution in [-0.2, 0) is 4.79 Å². The number of carbonyl (C=O) groups excluding carboxylic acids is 1. The zero-order valence-electron chi connectivity index (χ0n) is 17.3. The van der Waals surface area contributed by atoms with Gasteiger partial charge in [-0.25, -0.2) is 4.98 Å². The van der Waals surface area contributed by atoms with Gasteiger partial charge in [0, 0.05) is 18.2 Å². The number of rotatable bonds is 7. The lowest BCUT2D eigenvalue weighted by molar-refractivity contribution is -0.131. The average molecular weight is 444 g/mol. The molecule has 1 aromatic carbocycles. The maximum Gasteiger partial charge on any atom is 0.240 e. The van der Waals surface area contributed by atoms with Crippen LogP contribution in [0.3, 0.4) is 0 Å². The number of carbonyl (C=O) groups is 1. The van der Waals surface area contributed by atoms with Crippen LogP contribution >= 0.6 is 23.1 Å². The molecule has 2 fully saturated rings. The SMILES string of the molecule is N#Cc1ccc2sc(C3CCN(CCCC[C@H](N)C(=O)N4CCSC4)CC3)nc2c1. The number of unbranched alkanes of at least 4 members (excludes halogenated alkanes) is 1. The molecule has 2 saturated heterocycles. The quantitative estimate of drug-likeness (QED) is 0.660. The topological polar surface area (TPSA) is 86.2 Å². The van der Waals surface area contributed by atoms with Crippen LogP contribution < -0.4 is 5.73 Å². The molecule has 1 atom stereocenters. The zero-order valence-corrected chi connectivity index (χ0v) is 18.9. The lowest BCUT2D eigenvalue weighted by atomic mass is 9.97. The number of thioether (sulfide) groups is 1. The number of nitrogens with two attached hydrogens (primary N) is 1. The second-order valence-corrected chi connectivity index (χ2v) is 10.3. The maximum absolute atomic E-state index is 12.3. The molecule has 6 nitrogen and oxygen atoms in total. The fourth-order valence-corrected chi connectivity index (χ4v) is 6.31. The number of benzene rings is 1. The molecule has 160 valence electrons. The van der Waals surface area contributed by atoms with Gasteiger partial charge in [-0.1, -0.05) is 6.42 Å². The number of amides is 1. The van der Waals surface area contributed by atoms with Crippen molar-refractivity contribution in [3.05, 3.63) is 28.8 Å². The van der Waals surface area contributed by atoms with Crippen LogP contribution in [0, 0.1) is 11.3 Å². The molecule has 1 amide bonds. The Morgan fingerprint density at radius 3 is 2.87 bits per heavy atom. The summed E-state index contributed by atoms with van der Waals surface area (Å²) in [5, 5.41) is 10.3. The Hall–Kier alpha value is -1.66. The fraction of sp³-hybridized carbons (Fsp3) is 0.591. The summed E-state index contributed by atoms with van der Waals surface area (Å²) in [6.45, 7) is 4.12. The van der Waals surface area contributed by atoms with Crippen molar-refractivity contribution in [1.29, 1.82) is 5.26 Å². The summed E-state index contributed by atoms with van der Waals surface area (Å²) >= 11 is 3.57. The minimum atomic E-state index is -0.338. The normalized spacial score (nSPS) is 19.3. The molecule has 4 rings (SSSR count). The van der Waals surface area contributed by atoms with Gasteiger partial charge in [0.1, 0.15) is 0 Å². The fourth-order valence-electron chi connectivity index (χ4n) is 4.24. The molecule has 0 aliphatic carbocycles. The van der Waals surface area contributed by atoms with Gasteiger partial charge in [0.05, 0.1) is 38.8 Å². The molecule has 2 aromatic rings. The summed E-state index contributed by atoms with van der Waals surface area (Å²) in [4.78, 5) is 21.5. The Balaban J connectivity index is 1.18. The number of likely N-dealkylation sites (tertiary alicyclic amines) is 1. The summed E-state index contributed by atoms with van der Waals surface area (Å²) in [7, 11) is 0. The van der Waals surface area contributed by atoms with E-state index in [1.54, 1.807) is 23.1 Å². The zero-order chi connectivity index (χ0) is 20.9. The van der Waals surface area contributed by atoms with E-state index in [4.69, 9.17) is 16.0 Å². The van der Waals surface area contributed by atoms with Crippen LogP contribution in [0.1, 0.15) is 48.6 Å². The van der Waals surface area contributed by atoms with Crippen molar-refractivity contribution >= 4 is 39.2 Å². The molecule has 1 aromatic heterocycles. The van der Waals surface area contributed by atoms with E-state index in [-0.39, 0.29) is 11.9 Å². The van der Waals surface area contributed by atoms with Gasteiger partial charge in [-0.15, -0.1) is 23.1 Å². The summed E-state index contributed by atoms with van der Waals surface area (Å²) < 4.78 is 1.17. The third-order valence-corrected chi connectivity index (χ3v) is 8.26. The van der Waals surface area contributed by atoms with Crippen LogP contribution in [-0.4, -0.2) is 64.5 Å². The van der Waals surface area contributed by atoms with E-state index in [0.29, 0.717) is 11.5 Å². The summed E-state index contributed by atoms with van der Waals surface area (Å²) in [5.41, 5.74) is 7.74. The van der Waals surface area contributed by atoms with Gasteiger partial charge >= 0.3 is 0 Å². The van der Waals surface area contributed by atoms with Gasteiger partial charge in [-0.2, -0.15) is 5.26 Å². The molecular formula is C22H29N5OS2. The third kappa shape index (κ3) is 5.14. The van der Waals surface area contributed by atoms with Crippen LogP contribution in [0.15, 0.2) is 18.2 Å². The lowest BCUT2D eigenvalue weighted by Crippen LogP contribution is -2.42. The Kier molecular flexibility index (Phi) is 7.26. The third-order valence-electron chi connectivity index (χ3n) is 6.09. The molecule has 0 bridgehead atoms. The number of thiazole rings is 1. The highest BCUT2D eigenvalue weighted by molar-refractivity contribution is 7.99. The van der Waals surface area contributed by atoms with Gasteiger partial charge in [0.25, 0.3) is 0 Å². The second kappa shape index (κ2) is 10.1. The molecule has 3 heterocycles. The number of nitrogens with zero attached hydrogens (tertiary/aromatic N) is 4. The van der Waals surface area contributed by atoms with Crippen molar-refractivity contribution in [2.24, 2.45) is 5.73 Å². The molecule has 0 spiro atoms. The predicted molar refractivity (Wildman–Crippen MR) is 124 cm³/mol. The molecule has 0 saturated carbocycles. The number of piperidine rings is 1. The van der Waals surface area contributed by atoms with Gasteiger partial charge in [0.15, 0.2) is 0 Å². The first-order chi connectivity index (χ1) is 14.6. The van der Waals surface area contributed by atoms with Crippen LogP contribution in [0.2, 0.25) is 0 Å². The molecule has 8 heteroatoms. The van der Waals surface area contributed by atoms with E-state index in [2.05, 4.69) is 11.0 Å². The first-order valence-electron chi connectivity index (χ1n) is 10.8. The molecule has 2 N–H and O–H groups in total. The number of aromatic nitrogens is 1. The number of hydrogen-bond acceptors (Lipinski definition) is 7. The molecule has 2 aliphatic rings. The highest BCUT2D eigenvalue weighted by atomic mass is 32.2. The molecule has 0 unspecified atom stereocenters. The maximum atomic E-state index is 12.3. The van der Waals surface area contributed by atoms with Crippen molar-refractivity contribution in [2.45, 2.75) is 44.1 Å². The van der Waals surface area contributed by atoms with Gasteiger partial charge in [-0.3, -0.25) is 4.79 Å². The van der Waals surface area contributed by atoms with Crippen molar-refractivity contribution < 1.29 is 4.79 Å². The monoisotopic (exact) mass is 443 g/mol. The second-order valence-electron chi connectivity index (χ2n) is 8.20. The number of hydrogen-bond donors (Lipinski definition) is 1. The first-order valence-corrected chi connectivity index (χ1v) is 12.8. The minimum absolute atomic E-state index is 0.124. The first kappa shape index (κ1) is 21.6. The number of nitriles is 1. The van der Waals surface area contributed by atoms with Crippen molar-refractivity contribution in [3.8, 4) is 6.07 Å². The van der Waals surface area contributed by atoms with E-state index in [0.717, 1.165) is 75.4 Å². The Bertz CT molecular complexity index is 910. The standard InChI is InChI=1S/C22H29N5OS2/c23-14-16-4-5-20-19(13-16)25-21(30-20)17-6-9-26(10-7-17)8-2-1-3-18(24)22(28)27-11-12-29-15-27/h4-5,13,17-18H,1-3,6-12,15,24H2/t18-/m0/s1.